The van der Waals surface area contributed by atoms with Gasteiger partial charge in [-0.2, -0.15) is 0 Å². The molecule has 5 nitrogen and oxygen atoms in total. The van der Waals surface area contributed by atoms with Crippen molar-refractivity contribution >= 4 is 5.69 Å². The fourth-order valence-corrected chi connectivity index (χ4v) is 1.61. The topological polar surface area (TPSA) is 52.0 Å². The van der Waals surface area contributed by atoms with Gasteiger partial charge in [-0.25, -0.2) is 0 Å². The van der Waals surface area contributed by atoms with Crippen LogP contribution in [0.4, 0.5) is 5.69 Å². The highest BCUT2D eigenvalue weighted by atomic mass is 16.5. The summed E-state index contributed by atoms with van der Waals surface area (Å²) in [6.45, 7) is 3.50. The van der Waals surface area contributed by atoms with E-state index in [1.807, 2.05) is 31.3 Å². The van der Waals surface area contributed by atoms with Crippen LogP contribution in [-0.2, 0) is 13.6 Å². The minimum atomic E-state index is 0.677. The third-order valence-corrected chi connectivity index (χ3v) is 2.62. The van der Waals surface area contributed by atoms with Gasteiger partial charge in [0.1, 0.15) is 5.75 Å². The quantitative estimate of drug-likeness (QED) is 0.849. The molecule has 0 aliphatic rings. The first-order valence-corrected chi connectivity index (χ1v) is 6.10. The maximum atomic E-state index is 5.69. The van der Waals surface area contributed by atoms with E-state index in [9.17, 15) is 0 Å². The molecule has 2 rings (SSSR count). The highest BCUT2D eigenvalue weighted by Gasteiger charge is 2.04. The Labute approximate surface area is 107 Å². The Morgan fingerprint density at radius 3 is 2.89 bits per heavy atom. The van der Waals surface area contributed by atoms with Crippen LogP contribution < -0.4 is 10.1 Å². The van der Waals surface area contributed by atoms with E-state index in [0.717, 1.165) is 30.2 Å². The van der Waals surface area contributed by atoms with Crippen molar-refractivity contribution in [1.82, 2.24) is 15.0 Å². The summed E-state index contributed by atoms with van der Waals surface area (Å²) in [5, 5.41) is 11.1. The van der Waals surface area contributed by atoms with Crippen molar-refractivity contribution in [3.8, 4) is 5.75 Å². The van der Waals surface area contributed by atoms with Crippen molar-refractivity contribution in [2.75, 3.05) is 11.9 Å². The average Bonchev–Trinajstić information content (AvgIpc) is 2.80. The summed E-state index contributed by atoms with van der Waals surface area (Å²) in [5.74, 6) is 0.884. The molecule has 0 saturated heterocycles. The molecule has 5 heteroatoms. The number of hydrogen-bond donors (Lipinski definition) is 1. The van der Waals surface area contributed by atoms with Crippen molar-refractivity contribution in [2.24, 2.45) is 7.05 Å². The molecule has 2 aromatic rings. The van der Waals surface area contributed by atoms with E-state index < -0.39 is 0 Å². The lowest BCUT2D eigenvalue weighted by molar-refractivity contribution is 0.319. The number of nitrogens with zero attached hydrogens (tertiary/aromatic N) is 3. The van der Waals surface area contributed by atoms with Crippen LogP contribution in [0.15, 0.2) is 30.5 Å². The monoisotopic (exact) mass is 246 g/mol. The van der Waals surface area contributed by atoms with Gasteiger partial charge in [-0.1, -0.05) is 24.3 Å². The number of rotatable bonds is 6. The summed E-state index contributed by atoms with van der Waals surface area (Å²) < 4.78 is 7.44. The van der Waals surface area contributed by atoms with Gasteiger partial charge in [-0.05, 0) is 18.6 Å². The fourth-order valence-electron chi connectivity index (χ4n) is 1.61. The summed E-state index contributed by atoms with van der Waals surface area (Å²) >= 11 is 0. The number of aryl methyl sites for hydroxylation is 1. The first-order valence-electron chi connectivity index (χ1n) is 6.10. The van der Waals surface area contributed by atoms with Gasteiger partial charge in [0.25, 0.3) is 0 Å². The number of benzene rings is 1. The standard InChI is InChI=1S/C13H18N4O/c1-3-8-18-13-7-5-4-6-12(13)14-9-11-10-15-16-17(11)2/h4-7,10,14H,3,8-9H2,1-2H3. The fraction of sp³-hybridized carbons (Fsp3) is 0.385. The Morgan fingerprint density at radius 1 is 1.33 bits per heavy atom. The Hall–Kier alpha value is -2.04. The molecule has 0 aliphatic carbocycles. The van der Waals surface area contributed by atoms with Crippen LogP contribution in [0, 0.1) is 0 Å². The van der Waals surface area contributed by atoms with Crippen LogP contribution in [0.2, 0.25) is 0 Å². The molecule has 0 saturated carbocycles. The second-order valence-electron chi connectivity index (χ2n) is 4.05. The van der Waals surface area contributed by atoms with Gasteiger partial charge in [-0.3, -0.25) is 4.68 Å². The van der Waals surface area contributed by atoms with E-state index in [0.29, 0.717) is 6.54 Å². The third kappa shape index (κ3) is 3.00. The van der Waals surface area contributed by atoms with E-state index >= 15 is 0 Å². The van der Waals surface area contributed by atoms with E-state index in [1.54, 1.807) is 10.9 Å². The summed E-state index contributed by atoms with van der Waals surface area (Å²) in [6.07, 6.45) is 2.75. The second kappa shape index (κ2) is 6.05. The van der Waals surface area contributed by atoms with Crippen LogP contribution in [-0.4, -0.2) is 21.6 Å². The van der Waals surface area contributed by atoms with Gasteiger partial charge >= 0.3 is 0 Å². The minimum absolute atomic E-state index is 0.677. The van der Waals surface area contributed by atoms with E-state index in [4.69, 9.17) is 4.74 Å². The Balaban J connectivity index is 2.02. The molecule has 0 amide bonds. The van der Waals surface area contributed by atoms with Gasteiger partial charge in [0, 0.05) is 7.05 Å². The SMILES string of the molecule is CCCOc1ccccc1NCc1cnnn1C. The molecule has 18 heavy (non-hydrogen) atoms. The normalized spacial score (nSPS) is 10.3. The molecule has 0 radical (unpaired) electrons. The van der Waals surface area contributed by atoms with Crippen LogP contribution in [0.25, 0.3) is 0 Å². The van der Waals surface area contributed by atoms with Crippen molar-refractivity contribution in [3.05, 3.63) is 36.2 Å². The van der Waals surface area contributed by atoms with Crippen LogP contribution in [0.5, 0.6) is 5.75 Å². The van der Waals surface area contributed by atoms with Crippen molar-refractivity contribution in [1.29, 1.82) is 0 Å². The lowest BCUT2D eigenvalue weighted by Crippen LogP contribution is -2.07. The molecule has 96 valence electrons. The molecular weight excluding hydrogens is 228 g/mol. The smallest absolute Gasteiger partial charge is 0.142 e. The highest BCUT2D eigenvalue weighted by molar-refractivity contribution is 5.56. The molecule has 0 spiro atoms. The highest BCUT2D eigenvalue weighted by Crippen LogP contribution is 2.24. The Morgan fingerprint density at radius 2 is 2.17 bits per heavy atom. The lowest BCUT2D eigenvalue weighted by atomic mass is 10.3. The van der Waals surface area contributed by atoms with Gasteiger partial charge in [0.2, 0.25) is 0 Å². The molecule has 0 unspecified atom stereocenters. The first kappa shape index (κ1) is 12.4. The molecule has 1 heterocycles. The summed E-state index contributed by atoms with van der Waals surface area (Å²) in [6, 6.07) is 7.94. The van der Waals surface area contributed by atoms with Gasteiger partial charge in [-0.15, -0.1) is 5.10 Å². The third-order valence-electron chi connectivity index (χ3n) is 2.62. The minimum Gasteiger partial charge on any atom is -0.491 e. The number of para-hydroxylation sites is 2. The zero-order valence-corrected chi connectivity index (χ0v) is 10.8. The maximum Gasteiger partial charge on any atom is 0.142 e. The number of ether oxygens (including phenoxy) is 1. The van der Waals surface area contributed by atoms with Crippen molar-refractivity contribution in [2.45, 2.75) is 19.9 Å². The predicted molar refractivity (Wildman–Crippen MR) is 70.6 cm³/mol. The van der Waals surface area contributed by atoms with E-state index in [1.165, 1.54) is 0 Å². The molecule has 1 aromatic carbocycles. The molecule has 0 bridgehead atoms. The van der Waals surface area contributed by atoms with Crippen molar-refractivity contribution in [3.63, 3.8) is 0 Å². The van der Waals surface area contributed by atoms with Crippen molar-refractivity contribution < 1.29 is 4.74 Å². The molecule has 0 aliphatic heterocycles. The molecule has 1 N–H and O–H groups in total. The Kier molecular flexibility index (Phi) is 4.17. The van der Waals surface area contributed by atoms with Gasteiger partial charge in [0.15, 0.2) is 0 Å². The average molecular weight is 246 g/mol. The zero-order valence-electron chi connectivity index (χ0n) is 10.8. The van der Waals surface area contributed by atoms with E-state index in [2.05, 4.69) is 22.6 Å². The van der Waals surface area contributed by atoms with Crippen LogP contribution in [0.1, 0.15) is 19.0 Å². The first-order chi connectivity index (χ1) is 8.81. The second-order valence-corrected chi connectivity index (χ2v) is 4.05. The van der Waals surface area contributed by atoms with Gasteiger partial charge in [0.05, 0.1) is 30.7 Å². The number of aromatic nitrogens is 3. The molecular formula is C13H18N4O. The number of anilines is 1. The molecule has 1 aromatic heterocycles. The molecule has 0 fully saturated rings. The number of nitrogens with one attached hydrogen (secondary N) is 1. The van der Waals surface area contributed by atoms with Gasteiger partial charge < -0.3 is 10.1 Å². The van der Waals surface area contributed by atoms with E-state index in [-0.39, 0.29) is 0 Å². The van der Waals surface area contributed by atoms with Crippen LogP contribution >= 0.6 is 0 Å². The zero-order chi connectivity index (χ0) is 12.8. The largest absolute Gasteiger partial charge is 0.491 e. The molecule has 0 atom stereocenters. The Bertz CT molecular complexity index is 495. The summed E-state index contributed by atoms with van der Waals surface area (Å²) in [4.78, 5) is 0. The predicted octanol–water partition coefficient (Wildman–Crippen LogP) is 2.22. The summed E-state index contributed by atoms with van der Waals surface area (Å²) in [5.41, 5.74) is 2.02. The summed E-state index contributed by atoms with van der Waals surface area (Å²) in [7, 11) is 1.88. The number of hydrogen-bond acceptors (Lipinski definition) is 4. The van der Waals surface area contributed by atoms with Crippen LogP contribution in [0.3, 0.4) is 0 Å². The lowest BCUT2D eigenvalue weighted by Gasteiger charge is -2.12. The maximum absolute atomic E-state index is 5.69.